The molecule has 3 aromatic heterocycles. The van der Waals surface area contributed by atoms with E-state index in [9.17, 15) is 14.4 Å². The maximum atomic E-state index is 13.2. The summed E-state index contributed by atoms with van der Waals surface area (Å²) in [6.45, 7) is 8.50. The molecular weight excluding hydrogens is 544 g/mol. The quantitative estimate of drug-likeness (QED) is 0.277. The fraction of sp³-hybridized carbons (Fsp3) is 0.394. The van der Waals surface area contributed by atoms with Crippen LogP contribution in [0.25, 0.3) is 28.0 Å². The van der Waals surface area contributed by atoms with E-state index in [1.165, 1.54) is 18.4 Å². The Morgan fingerprint density at radius 1 is 0.930 bits per heavy atom. The highest BCUT2D eigenvalue weighted by Gasteiger charge is 2.46. The number of nitrogens with zero attached hydrogens (tertiary/aromatic N) is 5. The number of amides is 2. The number of ether oxygens (including phenoxy) is 1. The van der Waals surface area contributed by atoms with Gasteiger partial charge in [-0.1, -0.05) is 36.4 Å². The van der Waals surface area contributed by atoms with Crippen molar-refractivity contribution < 1.29 is 19.1 Å². The van der Waals surface area contributed by atoms with Crippen LogP contribution in [-0.2, 0) is 9.53 Å². The predicted molar refractivity (Wildman–Crippen MR) is 163 cm³/mol. The molecule has 2 aliphatic rings. The Bertz CT molecular complexity index is 1690. The first-order valence-corrected chi connectivity index (χ1v) is 14.7. The number of nitrogens with one attached hydrogen (secondary N) is 1. The van der Waals surface area contributed by atoms with Crippen LogP contribution in [0.4, 0.5) is 10.6 Å². The number of benzene rings is 1. The van der Waals surface area contributed by atoms with E-state index in [2.05, 4.69) is 15.4 Å². The first kappa shape index (κ1) is 28.5. The van der Waals surface area contributed by atoms with Crippen molar-refractivity contribution in [3.63, 3.8) is 0 Å². The second-order valence-corrected chi connectivity index (χ2v) is 12.5. The minimum absolute atomic E-state index is 0.0141. The summed E-state index contributed by atoms with van der Waals surface area (Å²) in [6, 6.07) is 13.8. The van der Waals surface area contributed by atoms with Crippen LogP contribution in [0.2, 0.25) is 0 Å². The topological polar surface area (TPSA) is 119 Å². The molecule has 0 radical (unpaired) electrons. The molecule has 10 heteroatoms. The number of pyridine rings is 1. The van der Waals surface area contributed by atoms with Gasteiger partial charge < -0.3 is 15.0 Å². The van der Waals surface area contributed by atoms with Crippen molar-refractivity contribution in [1.29, 1.82) is 0 Å². The minimum atomic E-state index is -0.582. The van der Waals surface area contributed by atoms with Crippen LogP contribution in [0.5, 0.6) is 0 Å². The maximum absolute atomic E-state index is 13.2. The SMILES string of the molecule is CC(=O)Nc1c(C(C)=O)c(C2CC3CCC(C2)N3C(=O)OC(C)(C)C)nc2c(-c3ccc(-c4ccccc4)nc3)cnn12. The second-order valence-electron chi connectivity index (χ2n) is 12.5. The molecule has 5 heterocycles. The van der Waals surface area contributed by atoms with Crippen LogP contribution in [0.3, 0.4) is 0 Å². The molecule has 2 atom stereocenters. The van der Waals surface area contributed by atoms with Crippen LogP contribution >= 0.6 is 0 Å². The summed E-state index contributed by atoms with van der Waals surface area (Å²) in [7, 11) is 0. The highest BCUT2D eigenvalue weighted by Crippen LogP contribution is 2.45. The summed E-state index contributed by atoms with van der Waals surface area (Å²) in [5.74, 6) is -0.302. The van der Waals surface area contributed by atoms with Gasteiger partial charge in [-0.2, -0.15) is 9.61 Å². The molecule has 2 unspecified atom stereocenters. The fourth-order valence-corrected chi connectivity index (χ4v) is 6.48. The molecule has 1 N–H and O–H groups in total. The summed E-state index contributed by atoms with van der Waals surface area (Å²) in [4.78, 5) is 50.3. The highest BCUT2D eigenvalue weighted by atomic mass is 16.6. The Hall–Kier alpha value is -4.60. The molecule has 2 saturated heterocycles. The average molecular weight is 581 g/mol. The molecule has 43 heavy (non-hydrogen) atoms. The van der Waals surface area contributed by atoms with E-state index in [1.807, 2.05) is 68.1 Å². The van der Waals surface area contributed by atoms with Crippen LogP contribution < -0.4 is 5.32 Å². The Balaban J connectivity index is 1.42. The Kier molecular flexibility index (Phi) is 7.23. The minimum Gasteiger partial charge on any atom is -0.444 e. The van der Waals surface area contributed by atoms with Gasteiger partial charge in [0.15, 0.2) is 11.4 Å². The molecule has 4 aromatic rings. The standard InChI is InChI=1S/C33H36N6O4/c1-19(40)28-29(23-15-24-12-13-25(16-23)38(24)32(42)43-33(3,4)5)37-30-26(18-35-39(30)31(28)36-20(2)41)22-11-14-27(34-17-22)21-9-7-6-8-10-21/h6-11,14,17-18,23-25H,12-13,15-16H2,1-5H3,(H,36,41). The molecule has 1 aromatic carbocycles. The van der Waals surface area contributed by atoms with E-state index >= 15 is 0 Å². The van der Waals surface area contributed by atoms with Gasteiger partial charge in [0.2, 0.25) is 5.91 Å². The van der Waals surface area contributed by atoms with E-state index in [4.69, 9.17) is 9.72 Å². The lowest BCUT2D eigenvalue weighted by atomic mass is 9.85. The molecule has 0 saturated carbocycles. The summed E-state index contributed by atoms with van der Waals surface area (Å²) in [5.41, 5.74) is 4.34. The number of carbonyl (C=O) groups is 3. The van der Waals surface area contributed by atoms with E-state index in [-0.39, 0.29) is 35.8 Å². The molecule has 6 rings (SSSR count). The number of anilines is 1. The molecule has 0 spiro atoms. The number of aromatic nitrogens is 4. The van der Waals surface area contributed by atoms with Crippen LogP contribution in [-0.4, -0.2) is 60.0 Å². The van der Waals surface area contributed by atoms with Crippen molar-refractivity contribution in [3.05, 3.63) is 66.1 Å². The lowest BCUT2D eigenvalue weighted by Gasteiger charge is -2.39. The van der Waals surface area contributed by atoms with Gasteiger partial charge in [-0.25, -0.2) is 9.78 Å². The number of Topliss-reactive ketones (excluding diaryl/α,β-unsaturated/α-hetero) is 1. The van der Waals surface area contributed by atoms with E-state index in [0.717, 1.165) is 35.2 Å². The van der Waals surface area contributed by atoms with Crippen molar-refractivity contribution in [2.24, 2.45) is 0 Å². The van der Waals surface area contributed by atoms with Crippen molar-refractivity contribution in [2.45, 2.75) is 83.9 Å². The third-order valence-corrected chi connectivity index (χ3v) is 8.19. The smallest absolute Gasteiger partial charge is 0.410 e. The van der Waals surface area contributed by atoms with Gasteiger partial charge in [0, 0.05) is 47.8 Å². The number of fused-ring (bicyclic) bond motifs is 3. The van der Waals surface area contributed by atoms with Gasteiger partial charge in [-0.15, -0.1) is 0 Å². The van der Waals surface area contributed by atoms with Crippen molar-refractivity contribution in [1.82, 2.24) is 24.5 Å². The van der Waals surface area contributed by atoms with Gasteiger partial charge in [0.25, 0.3) is 0 Å². The number of hydrogen-bond acceptors (Lipinski definition) is 7. The lowest BCUT2D eigenvalue weighted by molar-refractivity contribution is -0.114. The Morgan fingerprint density at radius 2 is 1.63 bits per heavy atom. The normalized spacial score (nSPS) is 19.8. The largest absolute Gasteiger partial charge is 0.444 e. The van der Waals surface area contributed by atoms with E-state index < -0.39 is 5.60 Å². The monoisotopic (exact) mass is 580 g/mol. The summed E-state index contributed by atoms with van der Waals surface area (Å²) < 4.78 is 7.26. The van der Waals surface area contributed by atoms with Crippen molar-refractivity contribution in [2.75, 3.05) is 5.32 Å². The second kappa shape index (κ2) is 10.9. The van der Waals surface area contributed by atoms with Crippen molar-refractivity contribution in [3.8, 4) is 22.4 Å². The molecule has 10 nitrogen and oxygen atoms in total. The number of rotatable bonds is 5. The zero-order chi connectivity index (χ0) is 30.5. The molecule has 2 bridgehead atoms. The summed E-state index contributed by atoms with van der Waals surface area (Å²) >= 11 is 0. The molecule has 0 aliphatic carbocycles. The van der Waals surface area contributed by atoms with Gasteiger partial charge in [-0.3, -0.25) is 14.6 Å². The summed E-state index contributed by atoms with van der Waals surface area (Å²) in [5, 5.41) is 7.42. The number of ketones is 1. The molecule has 2 amide bonds. The number of carbonyl (C=O) groups excluding carboxylic acids is 3. The van der Waals surface area contributed by atoms with E-state index in [0.29, 0.717) is 35.6 Å². The number of piperidine rings is 1. The van der Waals surface area contributed by atoms with Crippen molar-refractivity contribution >= 4 is 29.2 Å². The fourth-order valence-electron chi connectivity index (χ4n) is 6.48. The van der Waals surface area contributed by atoms with Gasteiger partial charge in [0.05, 0.1) is 23.1 Å². The lowest BCUT2D eigenvalue weighted by Crippen LogP contribution is -2.48. The Morgan fingerprint density at radius 3 is 2.21 bits per heavy atom. The van der Waals surface area contributed by atoms with Crippen LogP contribution in [0, 0.1) is 0 Å². The molecule has 2 aliphatic heterocycles. The zero-order valence-corrected chi connectivity index (χ0v) is 25.1. The van der Waals surface area contributed by atoms with Crippen LogP contribution in [0.15, 0.2) is 54.9 Å². The molecule has 222 valence electrons. The highest BCUT2D eigenvalue weighted by molar-refractivity contribution is 6.04. The maximum Gasteiger partial charge on any atom is 0.410 e. The molecule has 2 fully saturated rings. The van der Waals surface area contributed by atoms with Gasteiger partial charge in [0.1, 0.15) is 11.4 Å². The zero-order valence-electron chi connectivity index (χ0n) is 25.1. The predicted octanol–water partition coefficient (Wildman–Crippen LogP) is 6.26. The number of hydrogen-bond donors (Lipinski definition) is 1. The van der Waals surface area contributed by atoms with Crippen LogP contribution in [0.1, 0.15) is 82.3 Å². The summed E-state index contributed by atoms with van der Waals surface area (Å²) in [6.07, 6.45) is 6.22. The third kappa shape index (κ3) is 5.49. The Labute approximate surface area is 250 Å². The molecular formula is C33H36N6O4. The third-order valence-electron chi connectivity index (χ3n) is 8.19. The first-order chi connectivity index (χ1) is 20.5. The average Bonchev–Trinajstić information content (AvgIpc) is 3.50. The first-order valence-electron chi connectivity index (χ1n) is 14.7. The van der Waals surface area contributed by atoms with Gasteiger partial charge >= 0.3 is 6.09 Å². The van der Waals surface area contributed by atoms with E-state index in [1.54, 1.807) is 12.4 Å². The van der Waals surface area contributed by atoms with Gasteiger partial charge in [-0.05, 0) is 59.4 Å².